The second kappa shape index (κ2) is 7.62. The van der Waals surface area contributed by atoms with Crippen molar-refractivity contribution in [2.75, 3.05) is 18.1 Å². The number of unbranched alkanes of at least 4 members (excludes halogenated alkanes) is 1. The van der Waals surface area contributed by atoms with E-state index in [-0.39, 0.29) is 24.0 Å². The minimum atomic E-state index is -3.01. The van der Waals surface area contributed by atoms with Crippen LogP contribution in [-0.4, -0.2) is 38.4 Å². The van der Waals surface area contributed by atoms with Crippen molar-refractivity contribution in [1.29, 1.82) is 0 Å². The number of carbonyl (C=O) groups is 1. The van der Waals surface area contributed by atoms with E-state index in [9.17, 15) is 13.2 Å². The molecule has 0 aromatic rings. The van der Waals surface area contributed by atoms with Gasteiger partial charge in [0.1, 0.15) is 0 Å². The Morgan fingerprint density at radius 2 is 2.00 bits per heavy atom. The summed E-state index contributed by atoms with van der Waals surface area (Å²) < 4.78 is 22.3. The summed E-state index contributed by atoms with van der Waals surface area (Å²) in [6.45, 7) is 3.76. The van der Waals surface area contributed by atoms with E-state index in [0.29, 0.717) is 6.42 Å². The molecule has 96 valence electrons. The van der Waals surface area contributed by atoms with Gasteiger partial charge in [0.15, 0.2) is 9.84 Å². The molecule has 6 heteroatoms. The predicted molar refractivity (Wildman–Crippen MR) is 64.8 cm³/mol. The van der Waals surface area contributed by atoms with Gasteiger partial charge in [-0.05, 0) is 6.42 Å². The molecule has 0 spiro atoms. The third-order valence-corrected chi connectivity index (χ3v) is 4.06. The molecule has 0 aromatic heterocycles. The molecule has 3 N–H and O–H groups in total. The fourth-order valence-corrected chi connectivity index (χ4v) is 1.86. The third kappa shape index (κ3) is 6.79. The van der Waals surface area contributed by atoms with Crippen molar-refractivity contribution in [3.63, 3.8) is 0 Å². The highest BCUT2D eigenvalue weighted by Crippen LogP contribution is 1.97. The monoisotopic (exact) mass is 250 g/mol. The van der Waals surface area contributed by atoms with Gasteiger partial charge in [-0.25, -0.2) is 8.42 Å². The van der Waals surface area contributed by atoms with Crippen LogP contribution >= 0.6 is 0 Å². The van der Waals surface area contributed by atoms with Crippen LogP contribution < -0.4 is 11.1 Å². The normalized spacial score (nSPS) is 13.4. The zero-order chi connectivity index (χ0) is 12.6. The fraction of sp³-hybridized carbons (Fsp3) is 0.900. The summed E-state index contributed by atoms with van der Waals surface area (Å²) in [5, 5.41) is 2.54. The maximum Gasteiger partial charge on any atom is 0.236 e. The Morgan fingerprint density at radius 3 is 2.50 bits per heavy atom. The Bertz CT molecular complexity index is 301. The quantitative estimate of drug-likeness (QED) is 0.637. The van der Waals surface area contributed by atoms with E-state index in [0.717, 1.165) is 12.8 Å². The molecule has 1 atom stereocenters. The van der Waals surface area contributed by atoms with Crippen molar-refractivity contribution >= 4 is 15.7 Å². The fourth-order valence-electron chi connectivity index (χ4n) is 1.16. The first-order valence-electron chi connectivity index (χ1n) is 5.66. The van der Waals surface area contributed by atoms with Gasteiger partial charge < -0.3 is 11.1 Å². The van der Waals surface area contributed by atoms with Crippen molar-refractivity contribution in [2.24, 2.45) is 5.73 Å². The summed E-state index contributed by atoms with van der Waals surface area (Å²) in [4.78, 5) is 11.4. The Labute approximate surface area is 97.7 Å². The van der Waals surface area contributed by atoms with Crippen LogP contribution in [0.25, 0.3) is 0 Å². The van der Waals surface area contributed by atoms with Gasteiger partial charge in [-0.2, -0.15) is 0 Å². The lowest BCUT2D eigenvalue weighted by Gasteiger charge is -2.11. The van der Waals surface area contributed by atoms with Crippen LogP contribution in [0, 0.1) is 0 Å². The van der Waals surface area contributed by atoms with Crippen LogP contribution in [0.4, 0.5) is 0 Å². The maximum absolute atomic E-state index is 11.4. The van der Waals surface area contributed by atoms with Gasteiger partial charge in [0.2, 0.25) is 5.91 Å². The lowest BCUT2D eigenvalue weighted by molar-refractivity contribution is -0.122. The molecule has 0 aliphatic rings. The predicted octanol–water partition coefficient (Wildman–Crippen LogP) is 0.0548. The lowest BCUT2D eigenvalue weighted by Crippen LogP contribution is -2.42. The Hall–Kier alpha value is -0.620. The topological polar surface area (TPSA) is 89.3 Å². The van der Waals surface area contributed by atoms with Gasteiger partial charge in [0.25, 0.3) is 0 Å². The first-order chi connectivity index (χ1) is 7.43. The van der Waals surface area contributed by atoms with Gasteiger partial charge >= 0.3 is 0 Å². The Morgan fingerprint density at radius 1 is 1.38 bits per heavy atom. The Kier molecular flexibility index (Phi) is 7.33. The van der Waals surface area contributed by atoms with Crippen molar-refractivity contribution in [1.82, 2.24) is 5.32 Å². The molecule has 0 rings (SSSR count). The first-order valence-corrected chi connectivity index (χ1v) is 7.48. The molecule has 0 aliphatic heterocycles. The van der Waals surface area contributed by atoms with Crippen molar-refractivity contribution in [3.8, 4) is 0 Å². The number of nitrogens with two attached hydrogens (primary N) is 1. The first kappa shape index (κ1) is 15.4. The van der Waals surface area contributed by atoms with Crippen LogP contribution in [0.5, 0.6) is 0 Å². The zero-order valence-electron chi connectivity index (χ0n) is 10.0. The largest absolute Gasteiger partial charge is 0.354 e. The number of nitrogens with one attached hydrogen (secondary N) is 1. The van der Waals surface area contributed by atoms with E-state index in [1.807, 2.05) is 6.92 Å². The van der Waals surface area contributed by atoms with Gasteiger partial charge in [0, 0.05) is 12.3 Å². The SMILES string of the molecule is CCCC[C@H](N)C(=O)NCCS(=O)(=O)CC. The highest BCUT2D eigenvalue weighted by atomic mass is 32.2. The average Bonchev–Trinajstić information content (AvgIpc) is 2.25. The van der Waals surface area contributed by atoms with E-state index >= 15 is 0 Å². The molecular weight excluding hydrogens is 228 g/mol. The summed E-state index contributed by atoms with van der Waals surface area (Å²) >= 11 is 0. The molecule has 1 amide bonds. The Balaban J connectivity index is 3.81. The molecule has 0 saturated carbocycles. The molecule has 0 heterocycles. The van der Waals surface area contributed by atoms with Crippen LogP contribution in [0.3, 0.4) is 0 Å². The molecule has 0 unspecified atom stereocenters. The third-order valence-electron chi connectivity index (χ3n) is 2.36. The van der Waals surface area contributed by atoms with Crippen molar-refractivity contribution < 1.29 is 13.2 Å². The number of hydrogen-bond acceptors (Lipinski definition) is 4. The van der Waals surface area contributed by atoms with Gasteiger partial charge in [0.05, 0.1) is 11.8 Å². The van der Waals surface area contributed by atoms with Gasteiger partial charge in [-0.3, -0.25) is 4.79 Å². The van der Waals surface area contributed by atoms with Crippen LogP contribution in [0.15, 0.2) is 0 Å². The molecule has 0 radical (unpaired) electrons. The molecule has 5 nitrogen and oxygen atoms in total. The molecule has 0 saturated heterocycles. The van der Waals surface area contributed by atoms with E-state index in [1.165, 1.54) is 0 Å². The zero-order valence-corrected chi connectivity index (χ0v) is 10.8. The van der Waals surface area contributed by atoms with E-state index in [2.05, 4.69) is 5.32 Å². The van der Waals surface area contributed by atoms with Crippen molar-refractivity contribution in [2.45, 2.75) is 39.2 Å². The number of hydrogen-bond donors (Lipinski definition) is 2. The highest BCUT2D eigenvalue weighted by molar-refractivity contribution is 7.91. The molecular formula is C10H22N2O3S. The second-order valence-electron chi connectivity index (χ2n) is 3.78. The highest BCUT2D eigenvalue weighted by Gasteiger charge is 2.13. The number of sulfone groups is 1. The molecule has 0 bridgehead atoms. The number of rotatable bonds is 8. The van der Waals surface area contributed by atoms with Crippen molar-refractivity contribution in [3.05, 3.63) is 0 Å². The van der Waals surface area contributed by atoms with Gasteiger partial charge in [-0.1, -0.05) is 26.7 Å². The molecule has 0 aliphatic carbocycles. The summed E-state index contributed by atoms with van der Waals surface area (Å²) in [6, 6.07) is -0.524. The minimum absolute atomic E-state index is 0.0181. The summed E-state index contributed by atoms with van der Waals surface area (Å²) in [5.74, 6) is -0.180. The average molecular weight is 250 g/mol. The maximum atomic E-state index is 11.4. The minimum Gasteiger partial charge on any atom is -0.354 e. The van der Waals surface area contributed by atoms with E-state index < -0.39 is 15.9 Å². The second-order valence-corrected chi connectivity index (χ2v) is 6.25. The summed E-state index contributed by atoms with van der Waals surface area (Å²) in [6.07, 6.45) is 2.54. The molecule has 16 heavy (non-hydrogen) atoms. The van der Waals surface area contributed by atoms with E-state index in [1.54, 1.807) is 6.92 Å². The molecule has 0 aromatic carbocycles. The van der Waals surface area contributed by atoms with Crippen LogP contribution in [-0.2, 0) is 14.6 Å². The molecule has 0 fully saturated rings. The van der Waals surface area contributed by atoms with Gasteiger partial charge in [-0.15, -0.1) is 0 Å². The number of amides is 1. The van der Waals surface area contributed by atoms with Crippen LogP contribution in [0.2, 0.25) is 0 Å². The summed E-state index contributed by atoms with van der Waals surface area (Å²) in [7, 11) is -3.01. The van der Waals surface area contributed by atoms with E-state index in [4.69, 9.17) is 5.73 Å². The summed E-state index contributed by atoms with van der Waals surface area (Å²) in [5.41, 5.74) is 5.62. The lowest BCUT2D eigenvalue weighted by atomic mass is 10.1. The smallest absolute Gasteiger partial charge is 0.236 e. The van der Waals surface area contributed by atoms with Crippen LogP contribution in [0.1, 0.15) is 33.1 Å². The standard InChI is InChI=1S/C10H22N2O3S/c1-3-5-6-9(11)10(13)12-7-8-16(14,15)4-2/h9H,3-8,11H2,1-2H3,(H,12,13)/t9-/m0/s1. The number of carbonyl (C=O) groups excluding carboxylic acids is 1.